The summed E-state index contributed by atoms with van der Waals surface area (Å²) >= 11 is 0. The standard InChI is InChI=1S/C23H25N3O4/c1-2-9-19(17-10-5-3-6-11-17)24-21(27)16-30-23(29)20-14-15-22(28)26(25-20)18-12-7-4-8-13-18/h3-8,10-13,19H,2,9,14-16H2,1H3,(H,24,27). The molecule has 2 aromatic carbocycles. The molecule has 1 heterocycles. The van der Waals surface area contributed by atoms with Crippen molar-refractivity contribution >= 4 is 29.2 Å². The van der Waals surface area contributed by atoms with Crippen molar-refractivity contribution in [2.24, 2.45) is 5.10 Å². The molecular weight excluding hydrogens is 382 g/mol. The van der Waals surface area contributed by atoms with Gasteiger partial charge in [-0.2, -0.15) is 5.10 Å². The lowest BCUT2D eigenvalue weighted by Gasteiger charge is -2.23. The number of carbonyl (C=O) groups excluding carboxylic acids is 3. The molecule has 0 fully saturated rings. The van der Waals surface area contributed by atoms with Gasteiger partial charge in [0.05, 0.1) is 11.7 Å². The van der Waals surface area contributed by atoms with E-state index in [-0.39, 0.29) is 36.4 Å². The first kappa shape index (κ1) is 21.2. The Hall–Kier alpha value is -3.48. The number of ether oxygens (including phenoxy) is 1. The molecule has 0 aliphatic carbocycles. The number of rotatable bonds is 8. The molecule has 0 radical (unpaired) electrons. The van der Waals surface area contributed by atoms with Gasteiger partial charge in [0.1, 0.15) is 5.71 Å². The maximum atomic E-state index is 12.4. The third-order valence-electron chi connectivity index (χ3n) is 4.72. The molecular formula is C23H25N3O4. The van der Waals surface area contributed by atoms with Crippen molar-refractivity contribution in [3.05, 3.63) is 66.2 Å². The van der Waals surface area contributed by atoms with Crippen molar-refractivity contribution in [3.63, 3.8) is 0 Å². The number of anilines is 1. The van der Waals surface area contributed by atoms with E-state index in [1.165, 1.54) is 5.01 Å². The number of hydrazone groups is 1. The van der Waals surface area contributed by atoms with Gasteiger partial charge in [-0.25, -0.2) is 9.80 Å². The van der Waals surface area contributed by atoms with Crippen LogP contribution in [0.25, 0.3) is 0 Å². The highest BCUT2D eigenvalue weighted by molar-refractivity contribution is 6.38. The Morgan fingerprint density at radius 2 is 1.73 bits per heavy atom. The summed E-state index contributed by atoms with van der Waals surface area (Å²) in [4.78, 5) is 36.9. The van der Waals surface area contributed by atoms with Gasteiger partial charge in [-0.15, -0.1) is 0 Å². The van der Waals surface area contributed by atoms with Crippen LogP contribution < -0.4 is 10.3 Å². The van der Waals surface area contributed by atoms with Crippen LogP contribution in [-0.2, 0) is 19.1 Å². The molecule has 156 valence electrons. The monoisotopic (exact) mass is 407 g/mol. The second-order valence-corrected chi connectivity index (χ2v) is 6.98. The summed E-state index contributed by atoms with van der Waals surface area (Å²) in [7, 11) is 0. The van der Waals surface area contributed by atoms with Crippen LogP contribution in [0.4, 0.5) is 5.69 Å². The second-order valence-electron chi connectivity index (χ2n) is 6.98. The Morgan fingerprint density at radius 1 is 1.07 bits per heavy atom. The van der Waals surface area contributed by atoms with Gasteiger partial charge >= 0.3 is 5.97 Å². The van der Waals surface area contributed by atoms with Crippen molar-refractivity contribution in [2.75, 3.05) is 11.6 Å². The van der Waals surface area contributed by atoms with E-state index >= 15 is 0 Å². The van der Waals surface area contributed by atoms with Crippen LogP contribution in [0.3, 0.4) is 0 Å². The average molecular weight is 407 g/mol. The molecule has 0 saturated carbocycles. The van der Waals surface area contributed by atoms with Gasteiger partial charge in [-0.3, -0.25) is 9.59 Å². The normalized spacial score (nSPS) is 14.6. The molecule has 1 unspecified atom stereocenters. The Kier molecular flexibility index (Phi) is 7.32. The number of hydrogen-bond donors (Lipinski definition) is 1. The molecule has 2 amide bonds. The van der Waals surface area contributed by atoms with Crippen LogP contribution in [0.5, 0.6) is 0 Å². The minimum atomic E-state index is -0.690. The third kappa shape index (κ3) is 5.53. The molecule has 3 rings (SSSR count). The van der Waals surface area contributed by atoms with E-state index in [4.69, 9.17) is 4.74 Å². The lowest BCUT2D eigenvalue weighted by Crippen LogP contribution is -2.37. The Balaban J connectivity index is 1.59. The molecule has 0 saturated heterocycles. The number of amides is 2. The van der Waals surface area contributed by atoms with Gasteiger partial charge in [-0.1, -0.05) is 61.9 Å². The summed E-state index contributed by atoms with van der Waals surface area (Å²) in [6, 6.07) is 18.4. The van der Waals surface area contributed by atoms with Crippen molar-refractivity contribution in [3.8, 4) is 0 Å². The number of esters is 1. The average Bonchev–Trinajstić information content (AvgIpc) is 2.78. The van der Waals surface area contributed by atoms with Crippen LogP contribution in [0, 0.1) is 0 Å². The smallest absolute Gasteiger partial charge is 0.355 e. The maximum absolute atomic E-state index is 12.4. The molecule has 1 aliphatic heterocycles. The molecule has 0 bridgehead atoms. The molecule has 30 heavy (non-hydrogen) atoms. The fourth-order valence-corrected chi connectivity index (χ4v) is 3.22. The summed E-state index contributed by atoms with van der Waals surface area (Å²) in [5, 5.41) is 8.26. The van der Waals surface area contributed by atoms with Gasteiger partial charge in [-0.05, 0) is 24.1 Å². The molecule has 1 aliphatic rings. The van der Waals surface area contributed by atoms with Crippen molar-refractivity contribution in [2.45, 2.75) is 38.6 Å². The Labute approximate surface area is 175 Å². The van der Waals surface area contributed by atoms with E-state index in [0.29, 0.717) is 5.69 Å². The summed E-state index contributed by atoms with van der Waals surface area (Å²) < 4.78 is 5.16. The Bertz CT molecular complexity index is 913. The van der Waals surface area contributed by atoms with Crippen molar-refractivity contribution in [1.29, 1.82) is 0 Å². The first-order chi connectivity index (χ1) is 14.6. The zero-order chi connectivity index (χ0) is 21.3. The highest BCUT2D eigenvalue weighted by Crippen LogP contribution is 2.20. The van der Waals surface area contributed by atoms with Gasteiger partial charge < -0.3 is 10.1 Å². The van der Waals surface area contributed by atoms with Gasteiger partial charge in [0, 0.05) is 12.8 Å². The number of para-hydroxylation sites is 1. The number of hydrogen-bond acceptors (Lipinski definition) is 5. The first-order valence-electron chi connectivity index (χ1n) is 10.1. The number of nitrogens with zero attached hydrogens (tertiary/aromatic N) is 2. The van der Waals surface area contributed by atoms with E-state index in [2.05, 4.69) is 10.4 Å². The van der Waals surface area contributed by atoms with E-state index in [0.717, 1.165) is 18.4 Å². The minimum absolute atomic E-state index is 0.124. The summed E-state index contributed by atoms with van der Waals surface area (Å²) in [5.74, 6) is -1.26. The fourth-order valence-electron chi connectivity index (χ4n) is 3.22. The summed E-state index contributed by atoms with van der Waals surface area (Å²) in [6.07, 6.45) is 2.02. The minimum Gasteiger partial charge on any atom is -0.451 e. The van der Waals surface area contributed by atoms with Gasteiger partial charge in [0.15, 0.2) is 6.61 Å². The molecule has 1 N–H and O–H groups in total. The third-order valence-corrected chi connectivity index (χ3v) is 4.72. The van der Waals surface area contributed by atoms with Crippen molar-refractivity contribution in [1.82, 2.24) is 5.32 Å². The highest BCUT2D eigenvalue weighted by Gasteiger charge is 2.27. The summed E-state index contributed by atoms with van der Waals surface area (Å²) in [5.41, 5.74) is 1.71. The highest BCUT2D eigenvalue weighted by atomic mass is 16.5. The largest absolute Gasteiger partial charge is 0.451 e. The van der Waals surface area contributed by atoms with E-state index in [1.807, 2.05) is 43.3 Å². The van der Waals surface area contributed by atoms with Gasteiger partial charge in [0.2, 0.25) is 5.91 Å². The molecule has 2 aromatic rings. The molecule has 1 atom stereocenters. The topological polar surface area (TPSA) is 88.1 Å². The maximum Gasteiger partial charge on any atom is 0.355 e. The predicted octanol–water partition coefficient (Wildman–Crippen LogP) is 3.37. The van der Waals surface area contributed by atoms with E-state index in [9.17, 15) is 14.4 Å². The lowest BCUT2D eigenvalue weighted by atomic mass is 10.0. The number of carbonyl (C=O) groups is 3. The van der Waals surface area contributed by atoms with E-state index < -0.39 is 12.6 Å². The van der Waals surface area contributed by atoms with Crippen LogP contribution in [0.15, 0.2) is 65.8 Å². The zero-order valence-electron chi connectivity index (χ0n) is 16.9. The predicted molar refractivity (Wildman–Crippen MR) is 114 cm³/mol. The van der Waals surface area contributed by atoms with Crippen LogP contribution in [0.1, 0.15) is 44.2 Å². The quantitative estimate of drug-likeness (QED) is 0.680. The zero-order valence-corrected chi connectivity index (χ0v) is 16.9. The van der Waals surface area contributed by atoms with Crippen LogP contribution in [0.2, 0.25) is 0 Å². The van der Waals surface area contributed by atoms with Crippen LogP contribution >= 0.6 is 0 Å². The Morgan fingerprint density at radius 3 is 2.40 bits per heavy atom. The van der Waals surface area contributed by atoms with Crippen LogP contribution in [-0.4, -0.2) is 30.1 Å². The SMILES string of the molecule is CCCC(NC(=O)COC(=O)C1=NN(c2ccccc2)C(=O)CC1)c1ccccc1. The van der Waals surface area contributed by atoms with Crippen molar-refractivity contribution < 1.29 is 19.1 Å². The second kappa shape index (κ2) is 10.3. The number of nitrogens with one attached hydrogen (secondary N) is 1. The summed E-state index contributed by atoms with van der Waals surface area (Å²) in [6.45, 7) is 1.65. The number of benzene rings is 2. The van der Waals surface area contributed by atoms with E-state index in [1.54, 1.807) is 24.3 Å². The van der Waals surface area contributed by atoms with Gasteiger partial charge in [0.25, 0.3) is 5.91 Å². The molecule has 7 nitrogen and oxygen atoms in total. The molecule has 0 aromatic heterocycles. The fraction of sp³-hybridized carbons (Fsp3) is 0.304. The first-order valence-corrected chi connectivity index (χ1v) is 10.1. The molecule has 0 spiro atoms. The molecule has 7 heteroatoms. The lowest BCUT2D eigenvalue weighted by molar-refractivity contribution is -0.142.